The number of nitrogens with two attached hydrogens (primary N) is 1. The molecule has 3 rings (SSSR count). The number of hydrogen-bond acceptors (Lipinski definition) is 3. The molecule has 5 heteroatoms. The summed E-state index contributed by atoms with van der Waals surface area (Å²) in [5, 5.41) is 3.13. The second kappa shape index (κ2) is 6.36. The lowest BCUT2D eigenvalue weighted by Crippen LogP contribution is -2.38. The zero-order chi connectivity index (χ0) is 14.8. The third-order valence-electron chi connectivity index (χ3n) is 4.64. The van der Waals surface area contributed by atoms with E-state index in [1.165, 1.54) is 17.8 Å². The van der Waals surface area contributed by atoms with Crippen LogP contribution in [0.15, 0.2) is 23.1 Å². The average Bonchev–Trinajstić information content (AvgIpc) is 2.97. The van der Waals surface area contributed by atoms with Gasteiger partial charge in [-0.25, -0.2) is 4.39 Å². The van der Waals surface area contributed by atoms with Crippen LogP contribution in [-0.2, 0) is 4.79 Å². The lowest BCUT2D eigenvalue weighted by atomic mass is 9.94. The van der Waals surface area contributed by atoms with Crippen molar-refractivity contribution in [1.29, 1.82) is 0 Å². The number of carbonyl (C=O) groups is 1. The molecule has 1 aromatic carbocycles. The zero-order valence-electron chi connectivity index (χ0n) is 12.0. The monoisotopic (exact) mass is 308 g/mol. The van der Waals surface area contributed by atoms with Crippen molar-refractivity contribution in [1.82, 2.24) is 5.32 Å². The molecule has 3 N–H and O–H groups in total. The number of halogens is 1. The standard InChI is InChI=1S/C16H21FN2OS/c17-13-6-2-5-12-14(7-8-21-15(12)13)19-16(20)11-4-1-3-10(11)9-18/h2,5-6,10-11,14H,1,3-4,7-9,18H2,(H,19,20)/t10-,11-,14?/m1/s1. The number of rotatable bonds is 3. The Labute approximate surface area is 128 Å². The highest BCUT2D eigenvalue weighted by Crippen LogP contribution is 2.38. The maximum Gasteiger partial charge on any atom is 0.223 e. The van der Waals surface area contributed by atoms with Crippen LogP contribution in [-0.4, -0.2) is 18.2 Å². The number of amides is 1. The minimum atomic E-state index is -0.183. The molecule has 114 valence electrons. The molecule has 21 heavy (non-hydrogen) atoms. The topological polar surface area (TPSA) is 55.1 Å². The Morgan fingerprint density at radius 2 is 2.24 bits per heavy atom. The molecule has 0 aromatic heterocycles. The second-order valence-corrected chi connectivity index (χ2v) is 6.99. The van der Waals surface area contributed by atoms with Crippen molar-refractivity contribution in [3.05, 3.63) is 29.6 Å². The predicted octanol–water partition coefficient (Wildman–Crippen LogP) is 2.85. The van der Waals surface area contributed by atoms with Crippen molar-refractivity contribution in [2.24, 2.45) is 17.6 Å². The maximum absolute atomic E-state index is 13.8. The molecule has 3 atom stereocenters. The molecule has 1 unspecified atom stereocenters. The fraction of sp³-hybridized carbons (Fsp3) is 0.562. The van der Waals surface area contributed by atoms with Gasteiger partial charge in [0.2, 0.25) is 5.91 Å². The Morgan fingerprint density at radius 3 is 3.05 bits per heavy atom. The number of fused-ring (bicyclic) bond motifs is 1. The van der Waals surface area contributed by atoms with Crippen LogP contribution in [0.3, 0.4) is 0 Å². The summed E-state index contributed by atoms with van der Waals surface area (Å²) >= 11 is 1.54. The van der Waals surface area contributed by atoms with Gasteiger partial charge in [0.15, 0.2) is 0 Å². The Kier molecular flexibility index (Phi) is 4.50. The molecule has 1 heterocycles. The summed E-state index contributed by atoms with van der Waals surface area (Å²) in [6.45, 7) is 0.573. The Hall–Kier alpha value is -1.07. The largest absolute Gasteiger partial charge is 0.349 e. The lowest BCUT2D eigenvalue weighted by molar-refractivity contribution is -0.126. The molecule has 0 spiro atoms. The van der Waals surface area contributed by atoms with Crippen LogP contribution in [0.25, 0.3) is 0 Å². The molecular formula is C16H21FN2OS. The van der Waals surface area contributed by atoms with Crippen LogP contribution in [0, 0.1) is 17.7 Å². The highest BCUT2D eigenvalue weighted by Gasteiger charge is 2.34. The van der Waals surface area contributed by atoms with Crippen molar-refractivity contribution < 1.29 is 9.18 Å². The molecule has 1 saturated carbocycles. The van der Waals surface area contributed by atoms with E-state index < -0.39 is 0 Å². The number of benzene rings is 1. The molecule has 2 aliphatic rings. The number of thioether (sulfide) groups is 1. The van der Waals surface area contributed by atoms with Crippen LogP contribution in [0.2, 0.25) is 0 Å². The van der Waals surface area contributed by atoms with E-state index in [4.69, 9.17) is 5.73 Å². The summed E-state index contributed by atoms with van der Waals surface area (Å²) in [5.41, 5.74) is 6.68. The van der Waals surface area contributed by atoms with E-state index in [2.05, 4.69) is 5.32 Å². The molecule has 1 aliphatic heterocycles. The highest BCUT2D eigenvalue weighted by atomic mass is 32.2. The first-order valence-electron chi connectivity index (χ1n) is 7.62. The molecule has 3 nitrogen and oxygen atoms in total. The van der Waals surface area contributed by atoms with Crippen molar-refractivity contribution in [3.8, 4) is 0 Å². The van der Waals surface area contributed by atoms with Gasteiger partial charge in [0.25, 0.3) is 0 Å². The normalized spacial score (nSPS) is 28.2. The number of carbonyl (C=O) groups excluding carboxylic acids is 1. The fourth-order valence-corrected chi connectivity index (χ4v) is 4.62. The van der Waals surface area contributed by atoms with E-state index in [0.29, 0.717) is 17.4 Å². The molecule has 0 radical (unpaired) electrons. The molecule has 1 amide bonds. The predicted molar refractivity (Wildman–Crippen MR) is 82.5 cm³/mol. The van der Waals surface area contributed by atoms with Crippen LogP contribution in [0.4, 0.5) is 4.39 Å². The third kappa shape index (κ3) is 2.94. The van der Waals surface area contributed by atoms with Gasteiger partial charge in [-0.05, 0) is 43.4 Å². The van der Waals surface area contributed by atoms with Gasteiger partial charge in [-0.15, -0.1) is 11.8 Å². The summed E-state index contributed by atoms with van der Waals surface area (Å²) < 4.78 is 13.8. The van der Waals surface area contributed by atoms with E-state index in [1.807, 2.05) is 6.07 Å². The quantitative estimate of drug-likeness (QED) is 0.903. The molecular weight excluding hydrogens is 287 g/mol. The number of nitrogens with one attached hydrogen (secondary N) is 1. The van der Waals surface area contributed by atoms with Crippen molar-refractivity contribution in [2.45, 2.75) is 36.6 Å². The first-order chi connectivity index (χ1) is 10.2. The highest BCUT2D eigenvalue weighted by molar-refractivity contribution is 7.99. The first-order valence-corrected chi connectivity index (χ1v) is 8.61. The lowest BCUT2D eigenvalue weighted by Gasteiger charge is -2.28. The minimum Gasteiger partial charge on any atom is -0.349 e. The summed E-state index contributed by atoms with van der Waals surface area (Å²) in [6, 6.07) is 5.06. The van der Waals surface area contributed by atoms with Gasteiger partial charge >= 0.3 is 0 Å². The Morgan fingerprint density at radius 1 is 1.38 bits per heavy atom. The van der Waals surface area contributed by atoms with Crippen LogP contribution >= 0.6 is 11.8 Å². The van der Waals surface area contributed by atoms with Crippen LogP contribution in [0.1, 0.15) is 37.3 Å². The van der Waals surface area contributed by atoms with E-state index in [9.17, 15) is 9.18 Å². The molecule has 1 aliphatic carbocycles. The fourth-order valence-electron chi connectivity index (χ4n) is 3.48. The van der Waals surface area contributed by atoms with Crippen LogP contribution in [0.5, 0.6) is 0 Å². The zero-order valence-corrected chi connectivity index (χ0v) is 12.8. The van der Waals surface area contributed by atoms with Crippen LogP contribution < -0.4 is 11.1 Å². The minimum absolute atomic E-state index is 0.0292. The summed E-state index contributed by atoms with van der Waals surface area (Å²) in [4.78, 5) is 13.2. The van der Waals surface area contributed by atoms with Gasteiger partial charge in [0, 0.05) is 16.6 Å². The van der Waals surface area contributed by atoms with Crippen molar-refractivity contribution in [2.75, 3.05) is 12.3 Å². The van der Waals surface area contributed by atoms with E-state index >= 15 is 0 Å². The number of hydrogen-bond donors (Lipinski definition) is 2. The molecule has 0 saturated heterocycles. The molecule has 1 fully saturated rings. The Balaban J connectivity index is 1.75. The summed E-state index contributed by atoms with van der Waals surface area (Å²) in [6.07, 6.45) is 3.89. The van der Waals surface area contributed by atoms with Crippen molar-refractivity contribution >= 4 is 17.7 Å². The van der Waals surface area contributed by atoms with E-state index in [1.54, 1.807) is 6.07 Å². The smallest absolute Gasteiger partial charge is 0.223 e. The summed E-state index contributed by atoms with van der Waals surface area (Å²) in [7, 11) is 0. The maximum atomic E-state index is 13.8. The van der Waals surface area contributed by atoms with Gasteiger partial charge in [-0.3, -0.25) is 4.79 Å². The summed E-state index contributed by atoms with van der Waals surface area (Å²) in [5.74, 6) is 1.08. The second-order valence-electron chi connectivity index (χ2n) is 5.89. The third-order valence-corrected chi connectivity index (χ3v) is 5.80. The van der Waals surface area contributed by atoms with Gasteiger partial charge in [-0.2, -0.15) is 0 Å². The van der Waals surface area contributed by atoms with E-state index in [0.717, 1.165) is 37.0 Å². The van der Waals surface area contributed by atoms with Gasteiger partial charge in [-0.1, -0.05) is 18.6 Å². The average molecular weight is 308 g/mol. The first kappa shape index (κ1) is 14.9. The van der Waals surface area contributed by atoms with Gasteiger partial charge < -0.3 is 11.1 Å². The van der Waals surface area contributed by atoms with Gasteiger partial charge in [0.1, 0.15) is 5.82 Å². The Bertz CT molecular complexity index is 537. The van der Waals surface area contributed by atoms with Crippen molar-refractivity contribution in [3.63, 3.8) is 0 Å². The molecule has 1 aromatic rings. The molecule has 0 bridgehead atoms. The van der Waals surface area contributed by atoms with E-state index in [-0.39, 0.29) is 23.7 Å². The SMILES string of the molecule is NC[C@H]1CCC[C@H]1C(=O)NC1CCSc2c(F)cccc21. The van der Waals surface area contributed by atoms with Gasteiger partial charge in [0.05, 0.1) is 6.04 Å².